The van der Waals surface area contributed by atoms with Crippen molar-refractivity contribution in [3.63, 3.8) is 0 Å². The third kappa shape index (κ3) is 3.08. The fourth-order valence-corrected chi connectivity index (χ4v) is 3.04. The Morgan fingerprint density at radius 2 is 1.80 bits per heavy atom. The Morgan fingerprint density at radius 3 is 2.40 bits per heavy atom. The first-order valence-electron chi connectivity index (χ1n) is 5.94. The Balaban J connectivity index is 2.37. The lowest BCUT2D eigenvalue weighted by atomic mass is 10.2. The molecule has 20 heavy (non-hydrogen) atoms. The molecule has 0 heterocycles. The highest BCUT2D eigenvalue weighted by molar-refractivity contribution is 7.92. The second-order valence-electron chi connectivity index (χ2n) is 4.65. The van der Waals surface area contributed by atoms with Crippen molar-refractivity contribution in [2.45, 2.75) is 18.7 Å². The average molecular weight is 294 g/mol. The van der Waals surface area contributed by atoms with Crippen LogP contribution < -0.4 is 10.5 Å². The molecule has 0 unspecified atom stereocenters. The molecule has 2 aromatic carbocycles. The summed E-state index contributed by atoms with van der Waals surface area (Å²) in [4.78, 5) is 0.0805. The van der Waals surface area contributed by atoms with Gasteiger partial charge in [-0.2, -0.15) is 0 Å². The SMILES string of the molecule is Cc1cc(N)cc(S(=O)(=O)Nc2ccc(F)c(C)c2)c1. The minimum Gasteiger partial charge on any atom is -0.399 e. The minimum absolute atomic E-state index is 0.0805. The van der Waals surface area contributed by atoms with Crippen molar-refractivity contribution >= 4 is 21.4 Å². The molecule has 0 bridgehead atoms. The van der Waals surface area contributed by atoms with Crippen molar-refractivity contribution in [3.8, 4) is 0 Å². The lowest BCUT2D eigenvalue weighted by molar-refractivity contribution is 0.600. The van der Waals surface area contributed by atoms with Crippen molar-refractivity contribution in [2.24, 2.45) is 0 Å². The molecule has 0 saturated carbocycles. The first-order valence-corrected chi connectivity index (χ1v) is 7.42. The van der Waals surface area contributed by atoms with E-state index in [-0.39, 0.29) is 10.7 Å². The third-order valence-electron chi connectivity index (χ3n) is 2.79. The second kappa shape index (κ2) is 5.13. The van der Waals surface area contributed by atoms with E-state index in [4.69, 9.17) is 5.73 Å². The van der Waals surface area contributed by atoms with Crippen LogP contribution in [0.15, 0.2) is 41.3 Å². The summed E-state index contributed by atoms with van der Waals surface area (Å²) in [6.07, 6.45) is 0. The maximum absolute atomic E-state index is 13.2. The van der Waals surface area contributed by atoms with Crippen LogP contribution >= 0.6 is 0 Å². The summed E-state index contributed by atoms with van der Waals surface area (Å²) in [6.45, 7) is 3.33. The molecular weight excluding hydrogens is 279 g/mol. The lowest BCUT2D eigenvalue weighted by Crippen LogP contribution is -2.13. The first kappa shape index (κ1) is 14.3. The number of nitrogens with two attached hydrogens (primary N) is 1. The van der Waals surface area contributed by atoms with Crippen LogP contribution in [0.5, 0.6) is 0 Å². The van der Waals surface area contributed by atoms with Crippen LogP contribution in [0.25, 0.3) is 0 Å². The highest BCUT2D eigenvalue weighted by Crippen LogP contribution is 2.21. The van der Waals surface area contributed by atoms with Gasteiger partial charge in [0.2, 0.25) is 0 Å². The zero-order chi connectivity index (χ0) is 14.9. The van der Waals surface area contributed by atoms with Gasteiger partial charge in [0.1, 0.15) is 5.82 Å². The molecule has 0 amide bonds. The Hall–Kier alpha value is -2.08. The van der Waals surface area contributed by atoms with Gasteiger partial charge in [0, 0.05) is 11.4 Å². The molecule has 0 spiro atoms. The summed E-state index contributed by atoms with van der Waals surface area (Å²) in [5.74, 6) is -0.382. The molecule has 0 atom stereocenters. The number of nitrogens with one attached hydrogen (secondary N) is 1. The third-order valence-corrected chi connectivity index (χ3v) is 4.15. The quantitative estimate of drug-likeness (QED) is 0.855. The maximum atomic E-state index is 13.2. The van der Waals surface area contributed by atoms with Gasteiger partial charge in [-0.15, -0.1) is 0 Å². The summed E-state index contributed by atoms with van der Waals surface area (Å²) in [5, 5.41) is 0. The predicted octanol–water partition coefficient (Wildman–Crippen LogP) is 2.83. The van der Waals surface area contributed by atoms with Gasteiger partial charge in [0.15, 0.2) is 0 Å². The van der Waals surface area contributed by atoms with E-state index in [1.165, 1.54) is 30.3 Å². The molecule has 0 fully saturated rings. The van der Waals surface area contributed by atoms with Crippen LogP contribution in [0, 0.1) is 19.7 Å². The molecule has 2 rings (SSSR count). The summed E-state index contributed by atoms with van der Waals surface area (Å²) < 4.78 is 40.1. The van der Waals surface area contributed by atoms with Crippen molar-refractivity contribution in [2.75, 3.05) is 10.5 Å². The van der Waals surface area contributed by atoms with Gasteiger partial charge < -0.3 is 5.73 Å². The fourth-order valence-electron chi connectivity index (χ4n) is 1.85. The van der Waals surface area contributed by atoms with Gasteiger partial charge in [0.25, 0.3) is 10.0 Å². The van der Waals surface area contributed by atoms with Crippen LogP contribution in [-0.4, -0.2) is 8.42 Å². The molecule has 0 saturated heterocycles. The Labute approximate surface area is 117 Å². The predicted molar refractivity (Wildman–Crippen MR) is 77.5 cm³/mol. The van der Waals surface area contributed by atoms with E-state index in [9.17, 15) is 12.8 Å². The number of hydrogen-bond acceptors (Lipinski definition) is 3. The number of sulfonamides is 1. The van der Waals surface area contributed by atoms with E-state index < -0.39 is 10.0 Å². The summed E-state index contributed by atoms with van der Waals surface area (Å²) >= 11 is 0. The fraction of sp³-hybridized carbons (Fsp3) is 0.143. The maximum Gasteiger partial charge on any atom is 0.261 e. The highest BCUT2D eigenvalue weighted by Gasteiger charge is 2.15. The first-order chi connectivity index (χ1) is 9.28. The molecular formula is C14H15FN2O2S. The lowest BCUT2D eigenvalue weighted by Gasteiger charge is -2.10. The molecule has 3 N–H and O–H groups in total. The number of rotatable bonds is 3. The monoisotopic (exact) mass is 294 g/mol. The van der Waals surface area contributed by atoms with E-state index in [0.717, 1.165) is 5.56 Å². The highest BCUT2D eigenvalue weighted by atomic mass is 32.2. The van der Waals surface area contributed by atoms with Crippen molar-refractivity contribution < 1.29 is 12.8 Å². The van der Waals surface area contributed by atoms with Crippen LogP contribution in [0.3, 0.4) is 0 Å². The number of aryl methyl sites for hydroxylation is 2. The van der Waals surface area contributed by atoms with Gasteiger partial charge >= 0.3 is 0 Å². The Morgan fingerprint density at radius 1 is 1.10 bits per heavy atom. The Kier molecular flexibility index (Phi) is 3.67. The van der Waals surface area contributed by atoms with E-state index >= 15 is 0 Å². The van der Waals surface area contributed by atoms with Crippen LogP contribution in [0.2, 0.25) is 0 Å². The minimum atomic E-state index is -3.74. The smallest absolute Gasteiger partial charge is 0.261 e. The van der Waals surface area contributed by atoms with E-state index in [2.05, 4.69) is 4.72 Å². The molecule has 106 valence electrons. The molecule has 0 aliphatic rings. The molecule has 6 heteroatoms. The van der Waals surface area contributed by atoms with E-state index in [0.29, 0.717) is 16.9 Å². The normalized spacial score (nSPS) is 11.3. The molecule has 0 aromatic heterocycles. The zero-order valence-electron chi connectivity index (χ0n) is 11.1. The number of hydrogen-bond donors (Lipinski definition) is 2. The average Bonchev–Trinajstić information content (AvgIpc) is 2.32. The van der Waals surface area contributed by atoms with Gasteiger partial charge in [-0.25, -0.2) is 12.8 Å². The summed E-state index contributed by atoms with van der Waals surface area (Å²) in [5.41, 5.74) is 7.46. The molecule has 0 aliphatic heterocycles. The van der Waals surface area contributed by atoms with Gasteiger partial charge in [0.05, 0.1) is 4.90 Å². The van der Waals surface area contributed by atoms with Gasteiger partial charge in [-0.1, -0.05) is 0 Å². The summed E-state index contributed by atoms with van der Waals surface area (Å²) in [6, 6.07) is 8.62. The van der Waals surface area contributed by atoms with E-state index in [1.54, 1.807) is 19.9 Å². The van der Waals surface area contributed by atoms with Crippen molar-refractivity contribution in [1.29, 1.82) is 0 Å². The van der Waals surface area contributed by atoms with E-state index in [1.807, 2.05) is 0 Å². The van der Waals surface area contributed by atoms with Gasteiger partial charge in [-0.05, 0) is 61.4 Å². The van der Waals surface area contributed by atoms with Gasteiger partial charge in [-0.3, -0.25) is 4.72 Å². The molecule has 0 aliphatic carbocycles. The molecule has 2 aromatic rings. The molecule has 4 nitrogen and oxygen atoms in total. The number of halogens is 1. The Bertz CT molecular complexity index is 738. The van der Waals surface area contributed by atoms with Crippen LogP contribution in [-0.2, 0) is 10.0 Å². The summed E-state index contributed by atoms with van der Waals surface area (Å²) in [7, 11) is -3.74. The van der Waals surface area contributed by atoms with Crippen LogP contribution in [0.1, 0.15) is 11.1 Å². The zero-order valence-corrected chi connectivity index (χ0v) is 12.0. The van der Waals surface area contributed by atoms with Crippen molar-refractivity contribution in [3.05, 3.63) is 53.3 Å². The largest absolute Gasteiger partial charge is 0.399 e. The van der Waals surface area contributed by atoms with Crippen LogP contribution in [0.4, 0.5) is 15.8 Å². The van der Waals surface area contributed by atoms with Crippen molar-refractivity contribution in [1.82, 2.24) is 0 Å². The topological polar surface area (TPSA) is 72.2 Å². The molecule has 0 radical (unpaired) electrons. The number of nitrogen functional groups attached to an aromatic ring is 1. The second-order valence-corrected chi connectivity index (χ2v) is 6.33. The standard InChI is InChI=1S/C14H15FN2O2S/c1-9-5-11(16)8-13(6-9)20(18,19)17-12-3-4-14(15)10(2)7-12/h3-8,17H,16H2,1-2H3. The number of benzene rings is 2. The number of anilines is 2.